The smallest absolute Gasteiger partial charge is 0.294 e. The molecule has 4 rings (SSSR count). The Morgan fingerprint density at radius 1 is 1.21 bits per heavy atom. The van der Waals surface area contributed by atoms with Crippen molar-refractivity contribution in [3.63, 3.8) is 0 Å². The highest BCUT2D eigenvalue weighted by Crippen LogP contribution is 2.36. The number of likely N-dealkylation sites (tertiary alicyclic amines) is 1. The summed E-state index contributed by atoms with van der Waals surface area (Å²) in [5.74, 6) is 0.0316. The molecule has 2 saturated heterocycles. The van der Waals surface area contributed by atoms with Crippen LogP contribution < -0.4 is 9.47 Å². The molecule has 3 heterocycles. The van der Waals surface area contributed by atoms with Crippen LogP contribution >= 0.6 is 11.8 Å². The largest absolute Gasteiger partial charge is 0.493 e. The number of hydrogen-bond donors (Lipinski definition) is 0. The lowest BCUT2D eigenvalue weighted by molar-refractivity contribution is -0.385. The van der Waals surface area contributed by atoms with E-state index in [0.29, 0.717) is 30.2 Å². The van der Waals surface area contributed by atoms with Crippen LogP contribution in [0.1, 0.15) is 18.4 Å². The van der Waals surface area contributed by atoms with Crippen molar-refractivity contribution in [2.75, 3.05) is 26.7 Å². The number of pyridine rings is 1. The molecular weight excluding hydrogens is 464 g/mol. The van der Waals surface area contributed by atoms with E-state index in [1.807, 2.05) is 0 Å². The van der Waals surface area contributed by atoms with Gasteiger partial charge >= 0.3 is 0 Å². The number of nitro groups is 1. The Bertz CT molecular complexity index is 1180. The van der Waals surface area contributed by atoms with Crippen LogP contribution in [0.25, 0.3) is 6.08 Å². The summed E-state index contributed by atoms with van der Waals surface area (Å²) in [5, 5.41) is 10.3. The van der Waals surface area contributed by atoms with Crippen molar-refractivity contribution in [1.29, 1.82) is 0 Å². The number of nitrogens with zero attached hydrogens (tertiary/aromatic N) is 4. The first kappa shape index (κ1) is 23.2. The van der Waals surface area contributed by atoms with E-state index in [2.05, 4.69) is 4.98 Å². The lowest BCUT2D eigenvalue weighted by Crippen LogP contribution is -2.40. The molecule has 0 unspecified atom stereocenters. The average Bonchev–Trinajstić information content (AvgIpc) is 3.45. The van der Waals surface area contributed by atoms with Gasteiger partial charge in [-0.2, -0.15) is 0 Å². The molecule has 0 spiro atoms. The van der Waals surface area contributed by atoms with Crippen LogP contribution in [-0.4, -0.2) is 63.5 Å². The summed E-state index contributed by atoms with van der Waals surface area (Å²) < 4.78 is 11.0. The van der Waals surface area contributed by atoms with Gasteiger partial charge in [0.1, 0.15) is 12.7 Å². The Hall–Kier alpha value is -3.93. The minimum absolute atomic E-state index is 0.139. The van der Waals surface area contributed by atoms with E-state index in [9.17, 15) is 24.5 Å². The highest BCUT2D eigenvalue weighted by Gasteiger charge is 2.37. The van der Waals surface area contributed by atoms with Crippen LogP contribution in [0.4, 0.5) is 10.5 Å². The van der Waals surface area contributed by atoms with E-state index in [1.165, 1.54) is 19.2 Å². The Balaban J connectivity index is 1.48. The highest BCUT2D eigenvalue weighted by atomic mass is 32.2. The third-order valence-corrected chi connectivity index (χ3v) is 6.16. The number of thioether (sulfide) groups is 1. The summed E-state index contributed by atoms with van der Waals surface area (Å²) in [6.07, 6.45) is 4.48. The van der Waals surface area contributed by atoms with Crippen LogP contribution in [0.5, 0.6) is 17.4 Å². The standard InChI is InChI=1S/C22H20N4O7S/c1-32-17-10-14(4-6-16(17)33-19-7-5-15(12-23-19)26(30)31)11-18-21(28)25(22(29)34-18)13-20(27)24-8-2-3-9-24/h4-7,10-12H,2-3,8-9,13H2,1H3/b18-11+. The molecule has 2 aliphatic rings. The summed E-state index contributed by atoms with van der Waals surface area (Å²) in [6.45, 7) is 1.03. The second-order valence-corrected chi connectivity index (χ2v) is 8.47. The number of benzene rings is 1. The molecule has 0 saturated carbocycles. The first-order valence-electron chi connectivity index (χ1n) is 10.3. The molecule has 0 aliphatic carbocycles. The summed E-state index contributed by atoms with van der Waals surface area (Å²) >= 11 is 0.776. The molecule has 0 radical (unpaired) electrons. The molecule has 12 heteroatoms. The van der Waals surface area contributed by atoms with Crippen molar-refractivity contribution < 1.29 is 28.8 Å². The number of aromatic nitrogens is 1. The van der Waals surface area contributed by atoms with Crippen LogP contribution in [0.15, 0.2) is 41.4 Å². The third kappa shape index (κ3) is 5.01. The molecule has 11 nitrogen and oxygen atoms in total. The zero-order chi connectivity index (χ0) is 24.2. The highest BCUT2D eigenvalue weighted by molar-refractivity contribution is 8.18. The first-order valence-corrected chi connectivity index (χ1v) is 11.2. The minimum Gasteiger partial charge on any atom is -0.493 e. The number of carbonyl (C=O) groups excluding carboxylic acids is 3. The topological polar surface area (TPSA) is 132 Å². The normalized spacial score (nSPS) is 16.9. The van der Waals surface area contributed by atoms with E-state index >= 15 is 0 Å². The lowest BCUT2D eigenvalue weighted by atomic mass is 10.2. The van der Waals surface area contributed by atoms with Crippen molar-refractivity contribution in [3.8, 4) is 17.4 Å². The summed E-state index contributed by atoms with van der Waals surface area (Å²) in [6, 6.07) is 7.50. The van der Waals surface area contributed by atoms with Gasteiger partial charge in [-0.15, -0.1) is 0 Å². The quantitative estimate of drug-likeness (QED) is 0.329. The van der Waals surface area contributed by atoms with Crippen LogP contribution in [-0.2, 0) is 9.59 Å². The van der Waals surface area contributed by atoms with Crippen molar-refractivity contribution in [1.82, 2.24) is 14.8 Å². The van der Waals surface area contributed by atoms with E-state index in [-0.39, 0.29) is 28.9 Å². The van der Waals surface area contributed by atoms with Gasteiger partial charge in [0.15, 0.2) is 11.5 Å². The van der Waals surface area contributed by atoms with Crippen molar-refractivity contribution in [2.45, 2.75) is 12.8 Å². The third-order valence-electron chi connectivity index (χ3n) is 5.26. The number of methoxy groups -OCH3 is 1. The molecule has 2 aromatic rings. The lowest BCUT2D eigenvalue weighted by Gasteiger charge is -2.18. The monoisotopic (exact) mass is 484 g/mol. The predicted molar refractivity (Wildman–Crippen MR) is 122 cm³/mol. The zero-order valence-electron chi connectivity index (χ0n) is 18.1. The maximum absolute atomic E-state index is 12.7. The maximum Gasteiger partial charge on any atom is 0.294 e. The van der Waals surface area contributed by atoms with Crippen molar-refractivity contribution >= 4 is 40.6 Å². The van der Waals surface area contributed by atoms with Crippen LogP contribution in [0.2, 0.25) is 0 Å². The Morgan fingerprint density at radius 3 is 2.62 bits per heavy atom. The van der Waals surface area contributed by atoms with E-state index in [1.54, 1.807) is 29.2 Å². The van der Waals surface area contributed by atoms with Gasteiger partial charge in [-0.25, -0.2) is 4.98 Å². The van der Waals surface area contributed by atoms with E-state index < -0.39 is 16.1 Å². The number of amides is 3. The van der Waals surface area contributed by atoms with Gasteiger partial charge in [0.05, 0.1) is 16.9 Å². The predicted octanol–water partition coefficient (Wildman–Crippen LogP) is 3.45. The van der Waals surface area contributed by atoms with Crippen LogP contribution in [0.3, 0.4) is 0 Å². The second-order valence-electron chi connectivity index (χ2n) is 7.48. The molecule has 2 aliphatic heterocycles. The fraction of sp³-hybridized carbons (Fsp3) is 0.273. The van der Waals surface area contributed by atoms with Crippen LogP contribution in [0, 0.1) is 10.1 Å². The van der Waals surface area contributed by atoms with Gasteiger partial charge in [0.25, 0.3) is 16.8 Å². The molecular formula is C22H20N4O7S. The number of imide groups is 1. The summed E-state index contributed by atoms with van der Waals surface area (Å²) in [7, 11) is 1.44. The molecule has 0 atom stereocenters. The number of ether oxygens (including phenoxy) is 2. The van der Waals surface area contributed by atoms with Crippen molar-refractivity contribution in [3.05, 3.63) is 57.1 Å². The number of rotatable bonds is 7. The molecule has 176 valence electrons. The molecule has 1 aromatic carbocycles. The number of carbonyl (C=O) groups is 3. The van der Waals surface area contributed by atoms with Crippen molar-refractivity contribution in [2.24, 2.45) is 0 Å². The van der Waals surface area contributed by atoms with Gasteiger partial charge in [0, 0.05) is 25.2 Å². The average molecular weight is 484 g/mol. The molecule has 34 heavy (non-hydrogen) atoms. The fourth-order valence-electron chi connectivity index (χ4n) is 3.50. The van der Waals surface area contributed by atoms with Gasteiger partial charge in [-0.05, 0) is 48.4 Å². The van der Waals surface area contributed by atoms with Gasteiger partial charge < -0.3 is 14.4 Å². The molecule has 1 aromatic heterocycles. The van der Waals surface area contributed by atoms with Gasteiger partial charge in [-0.3, -0.25) is 29.4 Å². The second kappa shape index (κ2) is 9.91. The maximum atomic E-state index is 12.7. The molecule has 2 fully saturated rings. The molecule has 3 amide bonds. The molecule has 0 bridgehead atoms. The number of hydrogen-bond acceptors (Lipinski definition) is 9. The van der Waals surface area contributed by atoms with E-state index in [0.717, 1.165) is 35.7 Å². The SMILES string of the molecule is COc1cc(/C=C2/SC(=O)N(CC(=O)N3CCCC3)C2=O)ccc1Oc1ccc([N+](=O)[O-])cn1. The van der Waals surface area contributed by atoms with E-state index in [4.69, 9.17) is 9.47 Å². The summed E-state index contributed by atoms with van der Waals surface area (Å²) in [5.41, 5.74) is 0.419. The minimum atomic E-state index is -0.559. The van der Waals surface area contributed by atoms with Gasteiger partial charge in [-0.1, -0.05) is 6.07 Å². The Labute approximate surface area is 198 Å². The Kier molecular flexibility index (Phi) is 6.77. The molecule has 0 N–H and O–H groups in total. The zero-order valence-corrected chi connectivity index (χ0v) is 18.9. The van der Waals surface area contributed by atoms with Gasteiger partial charge in [0.2, 0.25) is 11.8 Å². The Morgan fingerprint density at radius 2 is 1.97 bits per heavy atom. The first-order chi connectivity index (χ1) is 16.4. The summed E-state index contributed by atoms with van der Waals surface area (Å²) in [4.78, 5) is 54.4. The fourth-order valence-corrected chi connectivity index (χ4v) is 4.34.